The van der Waals surface area contributed by atoms with Gasteiger partial charge >= 0.3 is 0 Å². The van der Waals surface area contributed by atoms with E-state index in [1.165, 1.54) is 16.7 Å². The molecule has 0 bridgehead atoms. The molecule has 0 aromatic heterocycles. The maximum atomic E-state index is 12.8. The van der Waals surface area contributed by atoms with Crippen molar-refractivity contribution in [3.8, 4) is 0 Å². The molecule has 1 N–H and O–H groups in total. The highest BCUT2D eigenvalue weighted by Gasteiger charge is 2.32. The zero-order valence-corrected chi connectivity index (χ0v) is 20.2. The summed E-state index contributed by atoms with van der Waals surface area (Å²) in [6, 6.07) is 24.1. The minimum atomic E-state index is -0.0925. The van der Waals surface area contributed by atoms with Crippen molar-refractivity contribution in [2.24, 2.45) is 0 Å². The van der Waals surface area contributed by atoms with Crippen molar-refractivity contribution in [1.82, 2.24) is 10.2 Å². The standard InChI is InChI=1S/C28H30N2O2S/c1-19-9-14-25(20(2)17-19)21(3)29-27(32)23-10-12-24(13-11-23)28-30(26(31)18-33-28)16-15-22-7-5-4-6-8-22/h4-14,17,21,28H,15-16,18H2,1-3H3,(H,29,32)/t21-,28+/m0/s1. The Balaban J connectivity index is 1.41. The van der Waals surface area contributed by atoms with Crippen LogP contribution in [-0.2, 0) is 11.2 Å². The average Bonchev–Trinajstić information content (AvgIpc) is 3.18. The summed E-state index contributed by atoms with van der Waals surface area (Å²) in [5.41, 5.74) is 6.42. The number of nitrogens with one attached hydrogen (secondary N) is 1. The third-order valence-electron chi connectivity index (χ3n) is 6.15. The molecule has 1 heterocycles. The van der Waals surface area contributed by atoms with Crippen LogP contribution in [0, 0.1) is 13.8 Å². The molecule has 33 heavy (non-hydrogen) atoms. The first-order chi connectivity index (χ1) is 15.9. The summed E-state index contributed by atoms with van der Waals surface area (Å²) in [6.07, 6.45) is 0.834. The number of carbonyl (C=O) groups excluding carboxylic acids is 2. The molecule has 2 amide bonds. The Bertz CT molecular complexity index is 1130. The molecule has 2 atom stereocenters. The van der Waals surface area contributed by atoms with Crippen LogP contribution in [0.5, 0.6) is 0 Å². The van der Waals surface area contributed by atoms with Gasteiger partial charge in [0.25, 0.3) is 5.91 Å². The third kappa shape index (κ3) is 5.48. The summed E-state index contributed by atoms with van der Waals surface area (Å²) in [7, 11) is 0. The van der Waals surface area contributed by atoms with Crippen molar-refractivity contribution in [2.45, 2.75) is 38.6 Å². The van der Waals surface area contributed by atoms with E-state index < -0.39 is 0 Å². The van der Waals surface area contributed by atoms with Gasteiger partial charge in [0.1, 0.15) is 5.37 Å². The average molecular weight is 459 g/mol. The van der Waals surface area contributed by atoms with E-state index in [-0.39, 0.29) is 23.2 Å². The SMILES string of the molecule is Cc1ccc([C@H](C)NC(=O)c2ccc([C@H]3SCC(=O)N3CCc3ccccc3)cc2)c(C)c1. The van der Waals surface area contributed by atoms with Gasteiger partial charge in [-0.1, -0.05) is 66.2 Å². The highest BCUT2D eigenvalue weighted by molar-refractivity contribution is 8.00. The van der Waals surface area contributed by atoms with E-state index in [0.29, 0.717) is 17.9 Å². The van der Waals surface area contributed by atoms with Crippen LogP contribution in [0.15, 0.2) is 72.8 Å². The van der Waals surface area contributed by atoms with Crippen molar-refractivity contribution in [3.05, 3.63) is 106 Å². The van der Waals surface area contributed by atoms with Crippen LogP contribution < -0.4 is 5.32 Å². The summed E-state index contributed by atoms with van der Waals surface area (Å²) in [4.78, 5) is 27.3. The maximum Gasteiger partial charge on any atom is 0.251 e. The molecule has 170 valence electrons. The van der Waals surface area contributed by atoms with Gasteiger partial charge in [-0.15, -0.1) is 11.8 Å². The lowest BCUT2D eigenvalue weighted by atomic mass is 10.00. The highest BCUT2D eigenvalue weighted by atomic mass is 32.2. The Hall–Kier alpha value is -3.05. The Morgan fingerprint density at radius 2 is 1.79 bits per heavy atom. The smallest absolute Gasteiger partial charge is 0.251 e. The number of hydrogen-bond acceptors (Lipinski definition) is 3. The summed E-state index contributed by atoms with van der Waals surface area (Å²) in [6.45, 7) is 6.84. The topological polar surface area (TPSA) is 49.4 Å². The molecule has 1 aliphatic heterocycles. The molecule has 0 unspecified atom stereocenters. The minimum absolute atomic E-state index is 0.00699. The van der Waals surface area contributed by atoms with Crippen molar-refractivity contribution in [2.75, 3.05) is 12.3 Å². The molecule has 4 rings (SSSR count). The van der Waals surface area contributed by atoms with E-state index in [2.05, 4.69) is 49.5 Å². The monoisotopic (exact) mass is 458 g/mol. The van der Waals surface area contributed by atoms with Gasteiger partial charge in [0.15, 0.2) is 0 Å². The van der Waals surface area contributed by atoms with Crippen molar-refractivity contribution >= 4 is 23.6 Å². The second-order valence-electron chi connectivity index (χ2n) is 8.66. The van der Waals surface area contributed by atoms with Gasteiger partial charge in [-0.25, -0.2) is 0 Å². The zero-order chi connectivity index (χ0) is 23.4. The predicted molar refractivity (Wildman–Crippen MR) is 135 cm³/mol. The number of carbonyl (C=O) groups is 2. The molecule has 0 saturated carbocycles. The number of amides is 2. The van der Waals surface area contributed by atoms with Gasteiger partial charge in [0.2, 0.25) is 5.91 Å². The molecule has 3 aromatic rings. The van der Waals surface area contributed by atoms with E-state index >= 15 is 0 Å². The van der Waals surface area contributed by atoms with E-state index in [1.54, 1.807) is 11.8 Å². The number of thioether (sulfide) groups is 1. The summed E-state index contributed by atoms with van der Waals surface area (Å²) in [5.74, 6) is 0.574. The lowest BCUT2D eigenvalue weighted by molar-refractivity contribution is -0.128. The molecule has 0 spiro atoms. The molecule has 3 aromatic carbocycles. The second kappa shape index (κ2) is 10.3. The number of nitrogens with zero attached hydrogens (tertiary/aromatic N) is 1. The predicted octanol–water partition coefficient (Wildman–Crippen LogP) is 5.61. The second-order valence-corrected chi connectivity index (χ2v) is 9.73. The molecule has 1 aliphatic rings. The maximum absolute atomic E-state index is 12.8. The lowest BCUT2D eigenvalue weighted by Gasteiger charge is -2.24. The minimum Gasteiger partial charge on any atom is -0.346 e. The summed E-state index contributed by atoms with van der Waals surface area (Å²) >= 11 is 1.65. The third-order valence-corrected chi connectivity index (χ3v) is 7.41. The van der Waals surface area contributed by atoms with Gasteiger partial charge in [0, 0.05) is 12.1 Å². The van der Waals surface area contributed by atoms with Crippen LogP contribution in [-0.4, -0.2) is 29.0 Å². The normalized spacial score (nSPS) is 16.6. The van der Waals surface area contributed by atoms with Gasteiger partial charge < -0.3 is 10.2 Å². The zero-order valence-electron chi connectivity index (χ0n) is 19.4. The van der Waals surface area contributed by atoms with E-state index in [4.69, 9.17) is 0 Å². The Kier molecular flexibility index (Phi) is 7.19. The van der Waals surface area contributed by atoms with Gasteiger partial charge in [-0.2, -0.15) is 0 Å². The van der Waals surface area contributed by atoms with Crippen molar-refractivity contribution in [3.63, 3.8) is 0 Å². The molecule has 1 saturated heterocycles. The first kappa shape index (κ1) is 23.1. The van der Waals surface area contributed by atoms with E-state index in [0.717, 1.165) is 17.5 Å². The first-order valence-corrected chi connectivity index (χ1v) is 12.4. The Morgan fingerprint density at radius 3 is 2.48 bits per heavy atom. The van der Waals surface area contributed by atoms with Crippen LogP contribution in [0.4, 0.5) is 0 Å². The first-order valence-electron chi connectivity index (χ1n) is 11.4. The lowest BCUT2D eigenvalue weighted by Crippen LogP contribution is -2.30. The number of aryl methyl sites for hydroxylation is 2. The largest absolute Gasteiger partial charge is 0.346 e. The van der Waals surface area contributed by atoms with Gasteiger partial charge in [-0.05, 0) is 61.6 Å². The van der Waals surface area contributed by atoms with E-state index in [9.17, 15) is 9.59 Å². The molecule has 0 aliphatic carbocycles. The highest BCUT2D eigenvalue weighted by Crippen LogP contribution is 2.38. The molecular formula is C28H30N2O2S. The van der Waals surface area contributed by atoms with Crippen molar-refractivity contribution < 1.29 is 9.59 Å². The fraction of sp³-hybridized carbons (Fsp3) is 0.286. The molecule has 0 radical (unpaired) electrons. The van der Waals surface area contributed by atoms with Gasteiger partial charge in [-0.3, -0.25) is 9.59 Å². The van der Waals surface area contributed by atoms with Crippen LogP contribution in [0.25, 0.3) is 0 Å². The number of rotatable bonds is 7. The molecule has 5 heteroatoms. The fourth-order valence-electron chi connectivity index (χ4n) is 4.33. The summed E-state index contributed by atoms with van der Waals surface area (Å²) in [5, 5.41) is 3.10. The van der Waals surface area contributed by atoms with Crippen LogP contribution >= 0.6 is 11.8 Å². The van der Waals surface area contributed by atoms with E-state index in [1.807, 2.05) is 54.3 Å². The van der Waals surface area contributed by atoms with Crippen LogP contribution in [0.2, 0.25) is 0 Å². The van der Waals surface area contributed by atoms with Crippen molar-refractivity contribution in [1.29, 1.82) is 0 Å². The van der Waals surface area contributed by atoms with Crippen LogP contribution in [0.1, 0.15) is 56.5 Å². The Morgan fingerprint density at radius 1 is 1.06 bits per heavy atom. The van der Waals surface area contributed by atoms with Crippen LogP contribution in [0.3, 0.4) is 0 Å². The quantitative estimate of drug-likeness (QED) is 0.501. The number of hydrogen-bond donors (Lipinski definition) is 1. The molecule has 4 nitrogen and oxygen atoms in total. The molecule has 1 fully saturated rings. The Labute approximate surface area is 200 Å². The number of benzene rings is 3. The van der Waals surface area contributed by atoms with Gasteiger partial charge in [0.05, 0.1) is 11.8 Å². The summed E-state index contributed by atoms with van der Waals surface area (Å²) < 4.78 is 0. The fourth-order valence-corrected chi connectivity index (χ4v) is 5.55. The molecular weight excluding hydrogens is 428 g/mol.